The molecule has 0 unspecified atom stereocenters. The Morgan fingerprint density at radius 3 is 2.52 bits per heavy atom. The molecule has 5 nitrogen and oxygen atoms in total. The zero-order chi connectivity index (χ0) is 17.6. The van der Waals surface area contributed by atoms with Gasteiger partial charge in [0, 0.05) is 18.1 Å². The van der Waals surface area contributed by atoms with E-state index in [9.17, 15) is 4.79 Å². The molecule has 0 saturated heterocycles. The second-order valence-electron chi connectivity index (χ2n) is 5.99. The van der Waals surface area contributed by atoms with E-state index < -0.39 is 0 Å². The van der Waals surface area contributed by atoms with Gasteiger partial charge in [0.1, 0.15) is 5.82 Å². The average Bonchev–Trinajstić information content (AvgIpc) is 2.64. The van der Waals surface area contributed by atoms with E-state index in [1.165, 1.54) is 11.8 Å². The molecule has 0 spiro atoms. The highest BCUT2D eigenvalue weighted by atomic mass is 16.1. The SMILES string of the molecule is CC(C)c1ccccc1Nc1ccc(NC(=O)c2cccnc2)cn1. The van der Waals surface area contributed by atoms with Crippen molar-refractivity contribution in [2.45, 2.75) is 19.8 Å². The minimum absolute atomic E-state index is 0.208. The Balaban J connectivity index is 1.70. The summed E-state index contributed by atoms with van der Waals surface area (Å²) in [5, 5.41) is 6.14. The minimum atomic E-state index is -0.208. The van der Waals surface area contributed by atoms with Crippen LogP contribution in [0.4, 0.5) is 17.2 Å². The molecule has 0 radical (unpaired) electrons. The Morgan fingerprint density at radius 2 is 1.84 bits per heavy atom. The number of anilines is 3. The topological polar surface area (TPSA) is 66.9 Å². The Hall–Kier alpha value is -3.21. The third-order valence-electron chi connectivity index (χ3n) is 3.79. The van der Waals surface area contributed by atoms with Crippen LogP contribution in [0.1, 0.15) is 35.7 Å². The molecule has 2 aromatic heterocycles. The van der Waals surface area contributed by atoms with Gasteiger partial charge in [0.05, 0.1) is 17.4 Å². The van der Waals surface area contributed by atoms with Crippen molar-refractivity contribution >= 4 is 23.1 Å². The highest BCUT2D eigenvalue weighted by Crippen LogP contribution is 2.26. The van der Waals surface area contributed by atoms with Crippen molar-refractivity contribution in [1.29, 1.82) is 0 Å². The molecule has 3 rings (SSSR count). The van der Waals surface area contributed by atoms with Gasteiger partial charge < -0.3 is 10.6 Å². The summed E-state index contributed by atoms with van der Waals surface area (Å²) in [4.78, 5) is 20.4. The van der Waals surface area contributed by atoms with Gasteiger partial charge >= 0.3 is 0 Å². The first-order valence-corrected chi connectivity index (χ1v) is 8.17. The van der Waals surface area contributed by atoms with Crippen LogP contribution in [0.25, 0.3) is 0 Å². The predicted molar refractivity (Wildman–Crippen MR) is 100 cm³/mol. The number of para-hydroxylation sites is 1. The zero-order valence-electron chi connectivity index (χ0n) is 14.2. The fourth-order valence-corrected chi connectivity index (χ4v) is 2.49. The summed E-state index contributed by atoms with van der Waals surface area (Å²) in [7, 11) is 0. The summed E-state index contributed by atoms with van der Waals surface area (Å²) in [5.74, 6) is 0.940. The first kappa shape index (κ1) is 16.6. The molecule has 0 aliphatic carbocycles. The molecule has 126 valence electrons. The van der Waals surface area contributed by atoms with Crippen molar-refractivity contribution in [3.63, 3.8) is 0 Å². The maximum Gasteiger partial charge on any atom is 0.257 e. The molecule has 0 aliphatic heterocycles. The first-order chi connectivity index (χ1) is 12.1. The van der Waals surface area contributed by atoms with Crippen molar-refractivity contribution in [1.82, 2.24) is 9.97 Å². The number of pyridine rings is 2. The predicted octanol–water partition coefficient (Wildman–Crippen LogP) is 4.60. The lowest BCUT2D eigenvalue weighted by Gasteiger charge is -2.14. The molecular formula is C20H20N4O. The van der Waals surface area contributed by atoms with Crippen molar-refractivity contribution in [3.05, 3.63) is 78.2 Å². The number of benzene rings is 1. The van der Waals surface area contributed by atoms with Gasteiger partial charge in [-0.1, -0.05) is 32.0 Å². The largest absolute Gasteiger partial charge is 0.340 e. The molecule has 25 heavy (non-hydrogen) atoms. The monoisotopic (exact) mass is 332 g/mol. The van der Waals surface area contributed by atoms with Gasteiger partial charge in [-0.15, -0.1) is 0 Å². The standard InChI is InChI=1S/C20H20N4O/c1-14(2)17-7-3-4-8-18(17)24-19-10-9-16(13-22-19)23-20(25)15-6-5-11-21-12-15/h3-14H,1-2H3,(H,22,24)(H,23,25). The van der Waals surface area contributed by atoms with Crippen molar-refractivity contribution in [2.75, 3.05) is 10.6 Å². The van der Waals surface area contributed by atoms with Gasteiger partial charge in [-0.2, -0.15) is 0 Å². The van der Waals surface area contributed by atoms with Gasteiger partial charge in [-0.05, 0) is 41.8 Å². The summed E-state index contributed by atoms with van der Waals surface area (Å²) in [6, 6.07) is 15.3. The average molecular weight is 332 g/mol. The quantitative estimate of drug-likeness (QED) is 0.717. The van der Waals surface area contributed by atoms with Crippen LogP contribution < -0.4 is 10.6 Å². The summed E-state index contributed by atoms with van der Waals surface area (Å²) >= 11 is 0. The van der Waals surface area contributed by atoms with Crippen LogP contribution in [0.5, 0.6) is 0 Å². The van der Waals surface area contributed by atoms with Crippen molar-refractivity contribution in [3.8, 4) is 0 Å². The van der Waals surface area contributed by atoms with E-state index in [1.54, 1.807) is 24.5 Å². The summed E-state index contributed by atoms with van der Waals surface area (Å²) in [6.45, 7) is 4.32. The number of hydrogen-bond donors (Lipinski definition) is 2. The third-order valence-corrected chi connectivity index (χ3v) is 3.79. The third kappa shape index (κ3) is 4.20. The second kappa shape index (κ2) is 7.57. The molecular weight excluding hydrogens is 312 g/mol. The molecule has 0 saturated carbocycles. The van der Waals surface area contributed by atoms with E-state index in [1.807, 2.05) is 30.3 Å². The molecule has 3 aromatic rings. The number of hydrogen-bond acceptors (Lipinski definition) is 4. The van der Waals surface area contributed by atoms with Gasteiger partial charge in [0.2, 0.25) is 0 Å². The number of rotatable bonds is 5. The molecule has 0 fully saturated rings. The minimum Gasteiger partial charge on any atom is -0.340 e. The Bertz CT molecular complexity index is 845. The van der Waals surface area contributed by atoms with Crippen LogP contribution in [0.15, 0.2) is 67.1 Å². The number of amides is 1. The molecule has 5 heteroatoms. The zero-order valence-corrected chi connectivity index (χ0v) is 14.2. The molecule has 2 heterocycles. The first-order valence-electron chi connectivity index (χ1n) is 8.17. The fraction of sp³-hybridized carbons (Fsp3) is 0.150. The van der Waals surface area contributed by atoms with Crippen molar-refractivity contribution in [2.24, 2.45) is 0 Å². The lowest BCUT2D eigenvalue weighted by atomic mass is 10.0. The number of nitrogens with one attached hydrogen (secondary N) is 2. The van der Waals surface area contributed by atoms with E-state index >= 15 is 0 Å². The lowest BCUT2D eigenvalue weighted by molar-refractivity contribution is 0.102. The molecule has 2 N–H and O–H groups in total. The highest BCUT2D eigenvalue weighted by molar-refractivity contribution is 6.03. The van der Waals surface area contributed by atoms with Crippen LogP contribution in [0.3, 0.4) is 0 Å². The number of aromatic nitrogens is 2. The Morgan fingerprint density at radius 1 is 1.00 bits per heavy atom. The molecule has 0 aliphatic rings. The summed E-state index contributed by atoms with van der Waals surface area (Å²) in [6.07, 6.45) is 4.80. The highest BCUT2D eigenvalue weighted by Gasteiger charge is 2.08. The number of carbonyl (C=O) groups is 1. The smallest absolute Gasteiger partial charge is 0.257 e. The Kier molecular flexibility index (Phi) is 5.04. The number of carbonyl (C=O) groups excluding carboxylic acids is 1. The van der Waals surface area contributed by atoms with E-state index in [-0.39, 0.29) is 5.91 Å². The van der Waals surface area contributed by atoms with Gasteiger partial charge in [0.15, 0.2) is 0 Å². The normalized spacial score (nSPS) is 10.5. The van der Waals surface area contributed by atoms with Crippen LogP contribution >= 0.6 is 0 Å². The Labute approximate surface area is 147 Å². The van der Waals surface area contributed by atoms with Crippen LogP contribution in [-0.4, -0.2) is 15.9 Å². The van der Waals surface area contributed by atoms with Gasteiger partial charge in [-0.3, -0.25) is 9.78 Å². The van der Waals surface area contributed by atoms with Crippen molar-refractivity contribution < 1.29 is 4.79 Å². The maximum atomic E-state index is 12.1. The number of nitrogens with zero attached hydrogens (tertiary/aromatic N) is 2. The molecule has 0 atom stereocenters. The van der Waals surface area contributed by atoms with E-state index in [2.05, 4.69) is 40.5 Å². The van der Waals surface area contributed by atoms with Crippen LogP contribution in [0, 0.1) is 0 Å². The van der Waals surface area contributed by atoms with Crippen LogP contribution in [0.2, 0.25) is 0 Å². The lowest BCUT2D eigenvalue weighted by Crippen LogP contribution is -2.12. The summed E-state index contributed by atoms with van der Waals surface area (Å²) < 4.78 is 0. The summed E-state index contributed by atoms with van der Waals surface area (Å²) in [5.41, 5.74) is 3.42. The maximum absolute atomic E-state index is 12.1. The van der Waals surface area contributed by atoms with E-state index in [0.29, 0.717) is 17.2 Å². The molecule has 0 bridgehead atoms. The van der Waals surface area contributed by atoms with E-state index in [4.69, 9.17) is 0 Å². The van der Waals surface area contributed by atoms with Gasteiger partial charge in [0.25, 0.3) is 5.91 Å². The van der Waals surface area contributed by atoms with E-state index in [0.717, 1.165) is 11.5 Å². The molecule has 1 amide bonds. The van der Waals surface area contributed by atoms with Gasteiger partial charge in [-0.25, -0.2) is 4.98 Å². The molecule has 1 aromatic carbocycles. The second-order valence-corrected chi connectivity index (χ2v) is 5.99. The van der Waals surface area contributed by atoms with Crippen LogP contribution in [-0.2, 0) is 0 Å². The fourth-order valence-electron chi connectivity index (χ4n) is 2.49.